The second kappa shape index (κ2) is 3.12. The molecule has 0 aromatic carbocycles. The Kier molecular flexibility index (Phi) is 2.40. The first-order chi connectivity index (χ1) is 4.68. The third-order valence-electron chi connectivity index (χ3n) is 1.19. The number of nitrogens with zero attached hydrogens (tertiary/aromatic N) is 1. The lowest BCUT2D eigenvalue weighted by Crippen LogP contribution is -2.16. The van der Waals surface area contributed by atoms with Crippen molar-refractivity contribution >= 4 is 11.3 Å². The van der Waals surface area contributed by atoms with Gasteiger partial charge in [0.2, 0.25) is 0 Å². The fraction of sp³-hybridized carbons (Fsp3) is 0.571. The number of hydrogen-bond acceptors (Lipinski definition) is 3. The Morgan fingerprint density at radius 3 is 2.90 bits per heavy atom. The lowest BCUT2D eigenvalue weighted by atomic mass is 10.2. The molecule has 0 amide bonds. The van der Waals surface area contributed by atoms with E-state index >= 15 is 0 Å². The third-order valence-corrected chi connectivity index (χ3v) is 2.13. The van der Waals surface area contributed by atoms with E-state index in [4.69, 9.17) is 5.73 Å². The summed E-state index contributed by atoms with van der Waals surface area (Å²) in [6, 6.07) is 0.250. The standard InChI is InChI=1S/C7H12N2S/c1-5(8)3-7-4-9-6(2)10-7/h4-5H,3,8H2,1-2H3. The molecule has 0 aliphatic rings. The first kappa shape index (κ1) is 7.69. The third kappa shape index (κ3) is 2.08. The second-order valence-corrected chi connectivity index (χ2v) is 3.85. The lowest BCUT2D eigenvalue weighted by Gasteiger charge is -1.98. The maximum absolute atomic E-state index is 5.61. The largest absolute Gasteiger partial charge is 0.328 e. The highest BCUT2D eigenvalue weighted by Gasteiger charge is 2.00. The lowest BCUT2D eigenvalue weighted by molar-refractivity contribution is 0.745. The average molecular weight is 156 g/mol. The van der Waals surface area contributed by atoms with E-state index in [1.807, 2.05) is 20.0 Å². The summed E-state index contributed by atoms with van der Waals surface area (Å²) in [4.78, 5) is 5.42. The highest BCUT2D eigenvalue weighted by atomic mass is 32.1. The minimum Gasteiger partial charge on any atom is -0.328 e. The number of hydrogen-bond donors (Lipinski definition) is 1. The summed E-state index contributed by atoms with van der Waals surface area (Å²) in [6.07, 6.45) is 2.86. The van der Waals surface area contributed by atoms with Crippen molar-refractivity contribution in [3.8, 4) is 0 Å². The van der Waals surface area contributed by atoms with Crippen LogP contribution in [0.1, 0.15) is 16.8 Å². The van der Waals surface area contributed by atoms with E-state index in [0.29, 0.717) is 0 Å². The van der Waals surface area contributed by atoms with Gasteiger partial charge in [0.1, 0.15) is 0 Å². The van der Waals surface area contributed by atoms with Crippen LogP contribution in [-0.2, 0) is 6.42 Å². The van der Waals surface area contributed by atoms with Crippen molar-refractivity contribution in [3.05, 3.63) is 16.1 Å². The summed E-state index contributed by atoms with van der Waals surface area (Å²) in [7, 11) is 0. The molecule has 0 bridgehead atoms. The zero-order chi connectivity index (χ0) is 7.56. The predicted octanol–water partition coefficient (Wildman–Crippen LogP) is 1.34. The van der Waals surface area contributed by atoms with Crippen molar-refractivity contribution in [3.63, 3.8) is 0 Å². The molecule has 0 aliphatic carbocycles. The van der Waals surface area contributed by atoms with Crippen molar-refractivity contribution in [2.75, 3.05) is 0 Å². The molecule has 56 valence electrons. The van der Waals surface area contributed by atoms with Gasteiger partial charge < -0.3 is 5.73 Å². The molecule has 10 heavy (non-hydrogen) atoms. The zero-order valence-electron chi connectivity index (χ0n) is 6.29. The molecule has 0 saturated heterocycles. The van der Waals surface area contributed by atoms with E-state index in [9.17, 15) is 0 Å². The van der Waals surface area contributed by atoms with Crippen LogP contribution in [0.3, 0.4) is 0 Å². The van der Waals surface area contributed by atoms with Gasteiger partial charge in [-0.25, -0.2) is 4.98 Å². The Labute approximate surface area is 65.1 Å². The summed E-state index contributed by atoms with van der Waals surface area (Å²) in [5.41, 5.74) is 5.61. The van der Waals surface area contributed by atoms with Crippen LogP contribution in [0.15, 0.2) is 6.20 Å². The molecule has 0 fully saturated rings. The smallest absolute Gasteiger partial charge is 0.0896 e. The molecule has 1 unspecified atom stereocenters. The van der Waals surface area contributed by atoms with Crippen LogP contribution in [-0.4, -0.2) is 11.0 Å². The highest BCUT2D eigenvalue weighted by Crippen LogP contribution is 2.12. The average Bonchev–Trinajstić information content (AvgIpc) is 2.13. The highest BCUT2D eigenvalue weighted by molar-refractivity contribution is 7.11. The molecule has 0 radical (unpaired) electrons. The van der Waals surface area contributed by atoms with Crippen molar-refractivity contribution in [1.29, 1.82) is 0 Å². The Morgan fingerprint density at radius 2 is 2.50 bits per heavy atom. The summed E-state index contributed by atoms with van der Waals surface area (Å²) >= 11 is 1.72. The molecule has 3 heteroatoms. The van der Waals surface area contributed by atoms with Gasteiger partial charge in [-0.15, -0.1) is 11.3 Å². The van der Waals surface area contributed by atoms with Gasteiger partial charge in [-0.1, -0.05) is 0 Å². The first-order valence-corrected chi connectivity index (χ1v) is 4.17. The molecule has 0 spiro atoms. The molecule has 2 N–H and O–H groups in total. The SMILES string of the molecule is Cc1ncc(CC(C)N)s1. The molecule has 1 heterocycles. The summed E-state index contributed by atoms with van der Waals surface area (Å²) in [6.45, 7) is 4.02. The quantitative estimate of drug-likeness (QED) is 0.701. The van der Waals surface area contributed by atoms with E-state index in [2.05, 4.69) is 4.98 Å². The summed E-state index contributed by atoms with van der Waals surface area (Å²) in [5, 5.41) is 1.12. The summed E-state index contributed by atoms with van der Waals surface area (Å²) in [5.74, 6) is 0. The molecule has 1 aromatic rings. The number of aryl methyl sites for hydroxylation is 1. The first-order valence-electron chi connectivity index (χ1n) is 3.35. The van der Waals surface area contributed by atoms with Crippen molar-refractivity contribution in [2.24, 2.45) is 5.73 Å². The topological polar surface area (TPSA) is 38.9 Å². The van der Waals surface area contributed by atoms with Gasteiger partial charge in [-0.2, -0.15) is 0 Å². The number of nitrogens with two attached hydrogens (primary N) is 1. The minimum atomic E-state index is 0.250. The van der Waals surface area contributed by atoms with Crippen LogP contribution in [0.5, 0.6) is 0 Å². The molecule has 1 aromatic heterocycles. The monoisotopic (exact) mass is 156 g/mol. The van der Waals surface area contributed by atoms with Crippen molar-refractivity contribution in [1.82, 2.24) is 4.98 Å². The predicted molar refractivity (Wildman–Crippen MR) is 44.2 cm³/mol. The Bertz CT molecular complexity index is 205. The molecule has 1 rings (SSSR count). The number of thiazole rings is 1. The van der Waals surface area contributed by atoms with Gasteiger partial charge in [0.25, 0.3) is 0 Å². The Balaban J connectivity index is 2.58. The van der Waals surface area contributed by atoms with Crippen LogP contribution < -0.4 is 5.73 Å². The van der Waals surface area contributed by atoms with Crippen LogP contribution in [0.25, 0.3) is 0 Å². The van der Waals surface area contributed by atoms with Crippen LogP contribution >= 0.6 is 11.3 Å². The van der Waals surface area contributed by atoms with Gasteiger partial charge in [-0.3, -0.25) is 0 Å². The zero-order valence-corrected chi connectivity index (χ0v) is 7.11. The van der Waals surface area contributed by atoms with E-state index in [0.717, 1.165) is 11.4 Å². The fourth-order valence-electron chi connectivity index (χ4n) is 0.817. The van der Waals surface area contributed by atoms with E-state index < -0.39 is 0 Å². The minimum absolute atomic E-state index is 0.250. The van der Waals surface area contributed by atoms with Crippen LogP contribution in [0, 0.1) is 6.92 Å². The number of aromatic nitrogens is 1. The molecule has 1 atom stereocenters. The Morgan fingerprint density at radius 1 is 1.80 bits per heavy atom. The van der Waals surface area contributed by atoms with E-state index in [1.165, 1.54) is 4.88 Å². The van der Waals surface area contributed by atoms with Crippen molar-refractivity contribution in [2.45, 2.75) is 26.3 Å². The second-order valence-electron chi connectivity index (χ2n) is 2.53. The molecular formula is C7H12N2S. The summed E-state index contributed by atoms with van der Waals surface area (Å²) < 4.78 is 0. The Hall–Kier alpha value is -0.410. The van der Waals surface area contributed by atoms with Crippen LogP contribution in [0.2, 0.25) is 0 Å². The molecular weight excluding hydrogens is 144 g/mol. The maximum atomic E-state index is 5.61. The van der Waals surface area contributed by atoms with Gasteiger partial charge in [0.05, 0.1) is 5.01 Å². The van der Waals surface area contributed by atoms with Gasteiger partial charge in [0.15, 0.2) is 0 Å². The molecule has 0 saturated carbocycles. The van der Waals surface area contributed by atoms with Crippen molar-refractivity contribution < 1.29 is 0 Å². The van der Waals surface area contributed by atoms with Gasteiger partial charge >= 0.3 is 0 Å². The van der Waals surface area contributed by atoms with E-state index in [-0.39, 0.29) is 6.04 Å². The van der Waals surface area contributed by atoms with Crippen LogP contribution in [0.4, 0.5) is 0 Å². The van der Waals surface area contributed by atoms with E-state index in [1.54, 1.807) is 11.3 Å². The normalized spacial score (nSPS) is 13.5. The molecule has 2 nitrogen and oxygen atoms in total. The van der Waals surface area contributed by atoms with Gasteiger partial charge in [0, 0.05) is 17.1 Å². The number of rotatable bonds is 2. The van der Waals surface area contributed by atoms with Gasteiger partial charge in [-0.05, 0) is 20.3 Å². The maximum Gasteiger partial charge on any atom is 0.0896 e. The fourth-order valence-corrected chi connectivity index (χ4v) is 1.75. The molecule has 0 aliphatic heterocycles.